The fourth-order valence-electron chi connectivity index (χ4n) is 12.3. The summed E-state index contributed by atoms with van der Waals surface area (Å²) in [6, 6.07) is 0. The predicted octanol–water partition coefficient (Wildman–Crippen LogP) is 23.9. The van der Waals surface area contributed by atoms with Crippen molar-refractivity contribution in [2.45, 2.75) is 439 Å². The zero-order chi connectivity index (χ0) is 72.8. The van der Waals surface area contributed by atoms with Crippen molar-refractivity contribution < 1.29 is 80.2 Å². The minimum absolute atomic E-state index is 0.107. The minimum atomic E-state index is -4.96. The third-order valence-corrected chi connectivity index (χ3v) is 21.3. The van der Waals surface area contributed by atoms with Gasteiger partial charge in [0.2, 0.25) is 0 Å². The van der Waals surface area contributed by atoms with Crippen molar-refractivity contribution in [2.75, 3.05) is 39.6 Å². The Balaban J connectivity index is 5.22. The van der Waals surface area contributed by atoms with Gasteiger partial charge in [0.25, 0.3) is 0 Å². The number of aliphatic hydroxyl groups is 1. The maximum atomic E-state index is 13.1. The van der Waals surface area contributed by atoms with Gasteiger partial charge in [0.05, 0.1) is 26.4 Å². The van der Waals surface area contributed by atoms with Crippen molar-refractivity contribution in [3.8, 4) is 0 Å². The summed E-state index contributed by atoms with van der Waals surface area (Å²) in [5.74, 6) is -0.498. The van der Waals surface area contributed by atoms with Crippen LogP contribution in [0.3, 0.4) is 0 Å². The highest BCUT2D eigenvalue weighted by Crippen LogP contribution is 2.45. The molecular weight excluding hydrogens is 1290 g/mol. The van der Waals surface area contributed by atoms with Crippen LogP contribution in [0.15, 0.2) is 0 Å². The summed E-state index contributed by atoms with van der Waals surface area (Å²) in [4.78, 5) is 73.0. The summed E-state index contributed by atoms with van der Waals surface area (Å²) in [6.45, 7) is 9.67. The van der Waals surface area contributed by atoms with Crippen molar-refractivity contribution in [3.63, 3.8) is 0 Å². The summed E-state index contributed by atoms with van der Waals surface area (Å²) in [5.41, 5.74) is 0. The Kier molecular flexibility index (Phi) is 70.3. The van der Waals surface area contributed by atoms with Gasteiger partial charge >= 0.3 is 39.5 Å². The van der Waals surface area contributed by atoms with E-state index in [9.17, 15) is 43.2 Å². The van der Waals surface area contributed by atoms with Gasteiger partial charge in [-0.15, -0.1) is 0 Å². The number of unbranched alkanes of at least 4 members (excludes halogenated alkanes) is 47. The van der Waals surface area contributed by atoms with E-state index in [-0.39, 0.29) is 25.7 Å². The van der Waals surface area contributed by atoms with Gasteiger partial charge in [0.1, 0.15) is 19.3 Å². The number of phosphoric ester groups is 2. The molecule has 0 rings (SSSR count). The monoisotopic (exact) mass is 1450 g/mol. The molecule has 0 heterocycles. The molecule has 99 heavy (non-hydrogen) atoms. The lowest BCUT2D eigenvalue weighted by molar-refractivity contribution is -0.161. The molecule has 0 saturated heterocycles. The second kappa shape index (κ2) is 71.7. The lowest BCUT2D eigenvalue weighted by atomic mass is 9.99. The highest BCUT2D eigenvalue weighted by atomic mass is 31.2. The molecule has 4 unspecified atom stereocenters. The number of aliphatic hydroxyl groups excluding tert-OH is 1. The molecule has 588 valence electrons. The molecule has 0 radical (unpaired) electrons. The van der Waals surface area contributed by atoms with Crippen LogP contribution in [0.4, 0.5) is 0 Å². The number of ether oxygens (including phenoxy) is 4. The standard InChI is InChI=1S/C80H156O17P2/c1-7-11-13-15-17-19-21-22-23-24-25-26-27-28-29-30-31-40-46-52-58-64-79(84)96-76(69-91-78(83)63-57-51-45-39-34-32-36-42-48-54-60-72(5)9-3)71-95-99(88,89)93-67-74(81)66-92-98(86,87)94-70-75(68-90-77(82)62-56-50-44-38-20-18-16-14-12-8-2)97-80(85)65-59-53-47-41-35-33-37-43-49-55-61-73(6)10-4/h72-76,81H,7-71H2,1-6H3,(H,86,87)(H,88,89)/t72?,73?,74-,75+,76+/m0/s1. The molecule has 0 aliphatic heterocycles. The second-order valence-electron chi connectivity index (χ2n) is 29.3. The first-order valence-corrected chi connectivity index (χ1v) is 44.6. The highest BCUT2D eigenvalue weighted by molar-refractivity contribution is 7.47. The van der Waals surface area contributed by atoms with Gasteiger partial charge in [0, 0.05) is 25.7 Å². The van der Waals surface area contributed by atoms with E-state index in [1.54, 1.807) is 0 Å². The van der Waals surface area contributed by atoms with Crippen molar-refractivity contribution in [1.29, 1.82) is 0 Å². The molecule has 0 spiro atoms. The van der Waals surface area contributed by atoms with Crippen LogP contribution in [0.2, 0.25) is 0 Å². The van der Waals surface area contributed by atoms with Crippen LogP contribution < -0.4 is 0 Å². The van der Waals surface area contributed by atoms with Crippen molar-refractivity contribution >= 4 is 39.5 Å². The molecule has 0 aromatic rings. The molecule has 0 amide bonds. The van der Waals surface area contributed by atoms with Gasteiger partial charge in [-0.1, -0.05) is 369 Å². The maximum Gasteiger partial charge on any atom is 0.472 e. The third-order valence-electron chi connectivity index (χ3n) is 19.4. The Bertz CT molecular complexity index is 1910. The molecule has 19 heteroatoms. The summed E-state index contributed by atoms with van der Waals surface area (Å²) in [7, 11) is -9.92. The molecule has 0 aliphatic rings. The van der Waals surface area contributed by atoms with Crippen molar-refractivity contribution in [2.24, 2.45) is 11.8 Å². The molecule has 0 fully saturated rings. The summed E-state index contributed by atoms with van der Waals surface area (Å²) >= 11 is 0. The molecule has 7 atom stereocenters. The Hall–Kier alpha value is -1.94. The molecule has 0 bridgehead atoms. The van der Waals surface area contributed by atoms with E-state index in [0.717, 1.165) is 102 Å². The summed E-state index contributed by atoms with van der Waals surface area (Å²) in [6.07, 6.45) is 60.9. The van der Waals surface area contributed by atoms with Crippen LogP contribution in [0.5, 0.6) is 0 Å². The first-order valence-electron chi connectivity index (χ1n) is 41.6. The van der Waals surface area contributed by atoms with E-state index < -0.39 is 97.5 Å². The predicted molar refractivity (Wildman–Crippen MR) is 405 cm³/mol. The highest BCUT2D eigenvalue weighted by Gasteiger charge is 2.30. The van der Waals surface area contributed by atoms with Crippen LogP contribution in [0.1, 0.15) is 420 Å². The Morgan fingerprint density at radius 1 is 0.283 bits per heavy atom. The summed E-state index contributed by atoms with van der Waals surface area (Å²) < 4.78 is 68.7. The number of hydrogen-bond donors (Lipinski definition) is 3. The lowest BCUT2D eigenvalue weighted by Crippen LogP contribution is -2.30. The normalized spacial score (nSPS) is 14.5. The van der Waals surface area contributed by atoms with E-state index in [1.165, 1.54) is 238 Å². The lowest BCUT2D eigenvalue weighted by Gasteiger charge is -2.21. The number of carbonyl (C=O) groups excluding carboxylic acids is 4. The van der Waals surface area contributed by atoms with Crippen LogP contribution >= 0.6 is 15.6 Å². The first kappa shape index (κ1) is 97.1. The SMILES string of the molecule is CCCCCCCCCCCCCCCCCCCCCCCC(=O)O[C@H](COC(=O)CCCCCCCCCCCCC(C)CC)COP(=O)(O)OC[C@@H](O)COP(=O)(O)OC[C@@H](COC(=O)CCCCCCCCCCCC)OC(=O)CCCCCCCCCCCCC(C)CC. The fourth-order valence-corrected chi connectivity index (χ4v) is 13.9. The fraction of sp³-hybridized carbons (Fsp3) is 0.950. The summed E-state index contributed by atoms with van der Waals surface area (Å²) in [5, 5.41) is 10.6. The van der Waals surface area contributed by atoms with Crippen LogP contribution in [-0.4, -0.2) is 96.7 Å². The third kappa shape index (κ3) is 71.5. The van der Waals surface area contributed by atoms with E-state index >= 15 is 0 Å². The number of rotatable bonds is 79. The van der Waals surface area contributed by atoms with Gasteiger partial charge < -0.3 is 33.8 Å². The molecule has 0 aromatic heterocycles. The number of esters is 4. The number of phosphoric acid groups is 2. The Labute approximate surface area is 607 Å². The van der Waals surface area contributed by atoms with Gasteiger partial charge in [0.15, 0.2) is 12.2 Å². The first-order chi connectivity index (χ1) is 47.9. The largest absolute Gasteiger partial charge is 0.472 e. The zero-order valence-electron chi connectivity index (χ0n) is 64.8. The molecule has 0 aromatic carbocycles. The molecule has 0 saturated carbocycles. The van der Waals surface area contributed by atoms with Crippen molar-refractivity contribution in [3.05, 3.63) is 0 Å². The van der Waals surface area contributed by atoms with Gasteiger partial charge in [-0.3, -0.25) is 37.3 Å². The van der Waals surface area contributed by atoms with Gasteiger partial charge in [-0.25, -0.2) is 9.13 Å². The average molecular weight is 1450 g/mol. The zero-order valence-corrected chi connectivity index (χ0v) is 66.6. The number of carbonyl (C=O) groups is 4. The van der Waals surface area contributed by atoms with Crippen LogP contribution in [0, 0.1) is 11.8 Å². The molecule has 17 nitrogen and oxygen atoms in total. The van der Waals surface area contributed by atoms with Crippen LogP contribution in [-0.2, 0) is 65.4 Å². The van der Waals surface area contributed by atoms with Crippen molar-refractivity contribution in [1.82, 2.24) is 0 Å². The van der Waals surface area contributed by atoms with E-state index in [1.807, 2.05) is 0 Å². The van der Waals surface area contributed by atoms with Gasteiger partial charge in [-0.05, 0) is 37.5 Å². The Morgan fingerprint density at radius 2 is 0.485 bits per heavy atom. The average Bonchev–Trinajstić information content (AvgIpc) is 1.03. The minimum Gasteiger partial charge on any atom is -0.462 e. The second-order valence-corrected chi connectivity index (χ2v) is 32.2. The quantitative estimate of drug-likeness (QED) is 0.0222. The van der Waals surface area contributed by atoms with E-state index in [4.69, 9.17) is 37.0 Å². The maximum absolute atomic E-state index is 13.1. The topological polar surface area (TPSA) is 237 Å². The Morgan fingerprint density at radius 3 is 0.717 bits per heavy atom. The molecule has 3 N–H and O–H groups in total. The van der Waals surface area contributed by atoms with Gasteiger partial charge in [-0.2, -0.15) is 0 Å². The number of hydrogen-bond acceptors (Lipinski definition) is 15. The van der Waals surface area contributed by atoms with Crippen LogP contribution in [0.25, 0.3) is 0 Å². The van der Waals surface area contributed by atoms with E-state index in [0.29, 0.717) is 25.7 Å². The smallest absolute Gasteiger partial charge is 0.462 e. The molecular formula is C80H156O17P2. The van der Waals surface area contributed by atoms with E-state index in [2.05, 4.69) is 41.5 Å². The molecule has 0 aliphatic carbocycles.